The van der Waals surface area contributed by atoms with Gasteiger partial charge >= 0.3 is 6.03 Å². The van der Waals surface area contributed by atoms with E-state index >= 15 is 0 Å². The van der Waals surface area contributed by atoms with Crippen LogP contribution in [0.25, 0.3) is 5.69 Å². The molecule has 0 radical (unpaired) electrons. The summed E-state index contributed by atoms with van der Waals surface area (Å²) in [6.45, 7) is 1.93. The van der Waals surface area contributed by atoms with E-state index in [0.29, 0.717) is 22.9 Å². The van der Waals surface area contributed by atoms with Gasteiger partial charge in [-0.05, 0) is 49.4 Å². The largest absolute Gasteiger partial charge is 0.497 e. The van der Waals surface area contributed by atoms with Crippen molar-refractivity contribution in [2.24, 2.45) is 0 Å². The molecule has 7 heteroatoms. The van der Waals surface area contributed by atoms with Crippen LogP contribution in [0, 0.1) is 6.92 Å². The minimum Gasteiger partial charge on any atom is -0.497 e. The Morgan fingerprint density at radius 3 is 2.38 bits per heavy atom. The summed E-state index contributed by atoms with van der Waals surface area (Å²) in [5.41, 5.74) is 3.04. The molecule has 3 aromatic rings. The number of hydrogen-bond acceptors (Lipinski definition) is 4. The minimum atomic E-state index is -0.376. The molecule has 2 amide bonds. The van der Waals surface area contributed by atoms with Gasteiger partial charge in [0.1, 0.15) is 11.5 Å². The standard InChI is InChI=1S/C19H20N4O3/c1-13-10-11-23(22-13)15-6-4-14(5-7-15)20-19(24)21-17-12-16(25-2)8-9-18(17)26-3/h4-12H,1-3H3,(H2,20,21,24). The molecular formula is C19H20N4O3. The number of nitrogens with zero attached hydrogens (tertiary/aromatic N) is 2. The molecule has 7 nitrogen and oxygen atoms in total. The summed E-state index contributed by atoms with van der Waals surface area (Å²) in [4.78, 5) is 12.3. The number of nitrogens with one attached hydrogen (secondary N) is 2. The van der Waals surface area contributed by atoms with Crippen LogP contribution in [0.4, 0.5) is 16.2 Å². The van der Waals surface area contributed by atoms with Gasteiger partial charge in [0.15, 0.2) is 0 Å². The highest BCUT2D eigenvalue weighted by atomic mass is 16.5. The molecule has 2 N–H and O–H groups in total. The lowest BCUT2D eigenvalue weighted by atomic mass is 10.2. The summed E-state index contributed by atoms with van der Waals surface area (Å²) in [5, 5.41) is 9.90. The van der Waals surface area contributed by atoms with Crippen LogP contribution in [-0.4, -0.2) is 30.0 Å². The number of carbonyl (C=O) groups is 1. The van der Waals surface area contributed by atoms with Gasteiger partial charge in [-0.2, -0.15) is 5.10 Å². The fraction of sp³-hybridized carbons (Fsp3) is 0.158. The minimum absolute atomic E-state index is 0.376. The molecule has 26 heavy (non-hydrogen) atoms. The molecular weight excluding hydrogens is 332 g/mol. The van der Waals surface area contributed by atoms with Crippen LogP contribution in [0.1, 0.15) is 5.69 Å². The maximum absolute atomic E-state index is 12.3. The molecule has 0 saturated heterocycles. The third-order valence-electron chi connectivity index (χ3n) is 3.77. The molecule has 0 bridgehead atoms. The summed E-state index contributed by atoms with van der Waals surface area (Å²) in [6, 6.07) is 14.1. The van der Waals surface area contributed by atoms with Crippen LogP contribution in [-0.2, 0) is 0 Å². The number of methoxy groups -OCH3 is 2. The second kappa shape index (κ2) is 7.60. The normalized spacial score (nSPS) is 10.3. The fourth-order valence-corrected chi connectivity index (χ4v) is 2.45. The predicted molar refractivity (Wildman–Crippen MR) is 100 cm³/mol. The van der Waals surface area contributed by atoms with Crippen LogP contribution in [0.5, 0.6) is 11.5 Å². The molecule has 2 aromatic carbocycles. The summed E-state index contributed by atoms with van der Waals surface area (Å²) in [6.07, 6.45) is 1.89. The highest BCUT2D eigenvalue weighted by Gasteiger charge is 2.09. The monoisotopic (exact) mass is 352 g/mol. The second-order valence-electron chi connectivity index (χ2n) is 5.59. The van der Waals surface area contributed by atoms with E-state index < -0.39 is 0 Å². The Labute approximate surface area is 151 Å². The molecule has 1 heterocycles. The first-order valence-electron chi connectivity index (χ1n) is 8.02. The molecule has 0 aliphatic carbocycles. The van der Waals surface area contributed by atoms with Crippen LogP contribution >= 0.6 is 0 Å². The Morgan fingerprint density at radius 2 is 1.77 bits per heavy atom. The van der Waals surface area contributed by atoms with E-state index in [1.165, 1.54) is 0 Å². The van der Waals surface area contributed by atoms with Crippen molar-refractivity contribution < 1.29 is 14.3 Å². The average molecular weight is 352 g/mol. The molecule has 1 aromatic heterocycles. The molecule has 0 fully saturated rings. The zero-order chi connectivity index (χ0) is 18.5. The quantitative estimate of drug-likeness (QED) is 0.731. The summed E-state index contributed by atoms with van der Waals surface area (Å²) >= 11 is 0. The van der Waals surface area contributed by atoms with Crippen LogP contribution in [0.2, 0.25) is 0 Å². The van der Waals surface area contributed by atoms with E-state index in [2.05, 4.69) is 15.7 Å². The predicted octanol–water partition coefficient (Wildman–Crippen LogP) is 3.84. The Hall–Kier alpha value is -3.48. The van der Waals surface area contributed by atoms with Gasteiger partial charge in [-0.1, -0.05) is 0 Å². The summed E-state index contributed by atoms with van der Waals surface area (Å²) < 4.78 is 12.2. The van der Waals surface area contributed by atoms with Gasteiger partial charge in [-0.3, -0.25) is 0 Å². The number of aryl methyl sites for hydroxylation is 1. The van der Waals surface area contributed by atoms with Gasteiger partial charge in [-0.25, -0.2) is 9.48 Å². The van der Waals surface area contributed by atoms with Crippen molar-refractivity contribution in [2.45, 2.75) is 6.92 Å². The Bertz CT molecular complexity index is 903. The molecule has 134 valence electrons. The van der Waals surface area contributed by atoms with Gasteiger partial charge in [0.25, 0.3) is 0 Å². The lowest BCUT2D eigenvalue weighted by molar-refractivity contribution is 0.262. The lowest BCUT2D eigenvalue weighted by Crippen LogP contribution is -2.19. The maximum atomic E-state index is 12.3. The number of aromatic nitrogens is 2. The molecule has 3 rings (SSSR count). The maximum Gasteiger partial charge on any atom is 0.323 e. The fourth-order valence-electron chi connectivity index (χ4n) is 2.45. The van der Waals surface area contributed by atoms with Crippen molar-refractivity contribution in [3.63, 3.8) is 0 Å². The molecule has 0 spiro atoms. The molecule has 0 aliphatic heterocycles. The topological polar surface area (TPSA) is 77.4 Å². The SMILES string of the molecule is COc1ccc(OC)c(NC(=O)Nc2ccc(-n3ccc(C)n3)cc2)c1. The van der Waals surface area contributed by atoms with Crippen molar-refractivity contribution in [1.82, 2.24) is 9.78 Å². The van der Waals surface area contributed by atoms with Gasteiger partial charge in [0.2, 0.25) is 0 Å². The Kier molecular flexibility index (Phi) is 5.07. The number of amides is 2. The molecule has 0 atom stereocenters. The number of benzene rings is 2. The Morgan fingerprint density at radius 1 is 1.00 bits per heavy atom. The Balaban J connectivity index is 1.68. The second-order valence-corrected chi connectivity index (χ2v) is 5.59. The van der Waals surface area contributed by atoms with Crippen molar-refractivity contribution >= 4 is 17.4 Å². The number of carbonyl (C=O) groups excluding carboxylic acids is 1. The van der Waals surface area contributed by atoms with Crippen LogP contribution < -0.4 is 20.1 Å². The molecule has 0 saturated carbocycles. The van der Waals surface area contributed by atoms with E-state index in [-0.39, 0.29) is 6.03 Å². The van der Waals surface area contributed by atoms with Gasteiger partial charge < -0.3 is 20.1 Å². The molecule has 0 unspecified atom stereocenters. The van der Waals surface area contributed by atoms with Gasteiger partial charge in [-0.15, -0.1) is 0 Å². The van der Waals surface area contributed by atoms with Crippen LogP contribution in [0.3, 0.4) is 0 Å². The van der Waals surface area contributed by atoms with Crippen molar-refractivity contribution in [1.29, 1.82) is 0 Å². The average Bonchev–Trinajstić information content (AvgIpc) is 3.08. The van der Waals surface area contributed by atoms with Crippen molar-refractivity contribution in [3.05, 3.63) is 60.4 Å². The summed E-state index contributed by atoms with van der Waals surface area (Å²) in [5.74, 6) is 1.17. The smallest absolute Gasteiger partial charge is 0.323 e. The first-order valence-corrected chi connectivity index (χ1v) is 8.02. The number of urea groups is 1. The van der Waals surface area contributed by atoms with Crippen molar-refractivity contribution in [3.8, 4) is 17.2 Å². The van der Waals surface area contributed by atoms with E-state index in [9.17, 15) is 4.79 Å². The van der Waals surface area contributed by atoms with Crippen LogP contribution in [0.15, 0.2) is 54.7 Å². The number of anilines is 2. The number of hydrogen-bond donors (Lipinski definition) is 2. The van der Waals surface area contributed by atoms with E-state index in [0.717, 1.165) is 11.4 Å². The van der Waals surface area contributed by atoms with Gasteiger partial charge in [0.05, 0.1) is 31.3 Å². The van der Waals surface area contributed by atoms with E-state index in [4.69, 9.17) is 9.47 Å². The van der Waals surface area contributed by atoms with E-state index in [1.807, 2.05) is 43.5 Å². The zero-order valence-corrected chi connectivity index (χ0v) is 14.8. The third-order valence-corrected chi connectivity index (χ3v) is 3.77. The zero-order valence-electron chi connectivity index (χ0n) is 14.8. The molecule has 0 aliphatic rings. The first kappa shape index (κ1) is 17.3. The highest BCUT2D eigenvalue weighted by molar-refractivity contribution is 6.00. The van der Waals surface area contributed by atoms with Crippen molar-refractivity contribution in [2.75, 3.05) is 24.9 Å². The lowest BCUT2D eigenvalue weighted by Gasteiger charge is -2.12. The third kappa shape index (κ3) is 3.94. The van der Waals surface area contributed by atoms with E-state index in [1.54, 1.807) is 37.1 Å². The first-order chi connectivity index (χ1) is 12.6. The highest BCUT2D eigenvalue weighted by Crippen LogP contribution is 2.29. The number of rotatable bonds is 5. The summed E-state index contributed by atoms with van der Waals surface area (Å²) in [7, 11) is 3.11. The number of ether oxygens (including phenoxy) is 2. The van der Waals surface area contributed by atoms with Gasteiger partial charge in [0, 0.05) is 18.0 Å².